The first kappa shape index (κ1) is 16.6. The molecule has 0 bridgehead atoms. The van der Waals surface area contributed by atoms with Gasteiger partial charge in [0.05, 0.1) is 0 Å². The zero-order valence-corrected chi connectivity index (χ0v) is 15.6. The molecule has 0 amide bonds. The molecule has 1 N–H and O–H groups in total. The van der Waals surface area contributed by atoms with Crippen LogP contribution >= 0.6 is 15.9 Å². The lowest BCUT2D eigenvalue weighted by Gasteiger charge is -2.22. The van der Waals surface area contributed by atoms with Gasteiger partial charge in [-0.25, -0.2) is 0 Å². The summed E-state index contributed by atoms with van der Waals surface area (Å²) in [7, 11) is 0. The van der Waals surface area contributed by atoms with Gasteiger partial charge in [-0.05, 0) is 50.3 Å². The molecule has 2 heterocycles. The van der Waals surface area contributed by atoms with Crippen molar-refractivity contribution in [2.24, 2.45) is 10.9 Å². The molecular formula is C18H27BrN4. The van der Waals surface area contributed by atoms with E-state index in [1.165, 1.54) is 24.9 Å². The van der Waals surface area contributed by atoms with Crippen LogP contribution in [0.2, 0.25) is 0 Å². The van der Waals surface area contributed by atoms with Gasteiger partial charge in [0.2, 0.25) is 0 Å². The van der Waals surface area contributed by atoms with Gasteiger partial charge in [-0.2, -0.15) is 0 Å². The molecule has 4 nitrogen and oxygen atoms in total. The summed E-state index contributed by atoms with van der Waals surface area (Å²) in [4.78, 5) is 9.81. The normalized spacial score (nSPS) is 22.0. The summed E-state index contributed by atoms with van der Waals surface area (Å²) >= 11 is 3.57. The van der Waals surface area contributed by atoms with Crippen LogP contribution in [0.25, 0.3) is 0 Å². The fourth-order valence-corrected chi connectivity index (χ4v) is 3.85. The highest BCUT2D eigenvalue weighted by atomic mass is 79.9. The largest absolute Gasteiger partial charge is 0.371 e. The van der Waals surface area contributed by atoms with Crippen molar-refractivity contribution < 1.29 is 0 Å². The van der Waals surface area contributed by atoms with Crippen molar-refractivity contribution in [1.82, 2.24) is 10.2 Å². The van der Waals surface area contributed by atoms with Gasteiger partial charge in [0, 0.05) is 49.4 Å². The molecule has 1 aromatic rings. The van der Waals surface area contributed by atoms with Crippen molar-refractivity contribution in [1.29, 1.82) is 0 Å². The predicted octanol–water partition coefficient (Wildman–Crippen LogP) is 3.34. The smallest absolute Gasteiger partial charge is 0.193 e. The Balaban J connectivity index is 1.57. The summed E-state index contributed by atoms with van der Waals surface area (Å²) in [6, 6.07) is 8.60. The van der Waals surface area contributed by atoms with Crippen molar-refractivity contribution in [3.05, 3.63) is 28.7 Å². The van der Waals surface area contributed by atoms with Crippen LogP contribution in [0.3, 0.4) is 0 Å². The molecule has 1 atom stereocenters. The number of anilines is 1. The van der Waals surface area contributed by atoms with E-state index in [4.69, 9.17) is 4.99 Å². The van der Waals surface area contributed by atoms with E-state index in [2.05, 4.69) is 62.2 Å². The van der Waals surface area contributed by atoms with Crippen LogP contribution in [0, 0.1) is 5.92 Å². The average molecular weight is 379 g/mol. The van der Waals surface area contributed by atoms with E-state index in [9.17, 15) is 0 Å². The lowest BCUT2D eigenvalue weighted by atomic mass is 10.1. The summed E-state index contributed by atoms with van der Waals surface area (Å²) in [6.07, 6.45) is 3.82. The molecular weight excluding hydrogens is 352 g/mol. The van der Waals surface area contributed by atoms with Crippen LogP contribution in [0.15, 0.2) is 33.7 Å². The van der Waals surface area contributed by atoms with Crippen LogP contribution in [-0.2, 0) is 0 Å². The molecule has 0 radical (unpaired) electrons. The van der Waals surface area contributed by atoms with Gasteiger partial charge in [0.1, 0.15) is 0 Å². The highest BCUT2D eigenvalue weighted by Crippen LogP contribution is 2.26. The Morgan fingerprint density at radius 1 is 1.30 bits per heavy atom. The molecule has 126 valence electrons. The van der Waals surface area contributed by atoms with Gasteiger partial charge >= 0.3 is 0 Å². The van der Waals surface area contributed by atoms with Gasteiger partial charge in [0.15, 0.2) is 5.96 Å². The summed E-state index contributed by atoms with van der Waals surface area (Å²) in [5, 5.41) is 3.45. The Bertz CT molecular complexity index is 540. The van der Waals surface area contributed by atoms with E-state index in [1.54, 1.807) is 0 Å². The second-order valence-corrected chi connectivity index (χ2v) is 7.39. The molecule has 2 fully saturated rings. The van der Waals surface area contributed by atoms with Crippen LogP contribution in [-0.4, -0.2) is 50.1 Å². The molecule has 2 aliphatic heterocycles. The molecule has 1 unspecified atom stereocenters. The highest BCUT2D eigenvalue weighted by molar-refractivity contribution is 9.10. The van der Waals surface area contributed by atoms with Crippen molar-refractivity contribution in [2.75, 3.05) is 44.2 Å². The van der Waals surface area contributed by atoms with E-state index in [0.29, 0.717) is 5.92 Å². The van der Waals surface area contributed by atoms with Gasteiger partial charge in [0.25, 0.3) is 0 Å². The quantitative estimate of drug-likeness (QED) is 0.643. The Kier molecular flexibility index (Phi) is 5.81. The predicted molar refractivity (Wildman–Crippen MR) is 101 cm³/mol. The minimum absolute atomic E-state index is 0.658. The minimum atomic E-state index is 0.658. The summed E-state index contributed by atoms with van der Waals surface area (Å²) in [6.45, 7) is 8.58. The maximum absolute atomic E-state index is 4.92. The number of aliphatic imine (C=N–C) groups is 1. The third kappa shape index (κ3) is 4.40. The Morgan fingerprint density at radius 2 is 2.13 bits per heavy atom. The van der Waals surface area contributed by atoms with E-state index in [0.717, 1.165) is 49.7 Å². The Labute approximate surface area is 148 Å². The second kappa shape index (κ2) is 8.04. The topological polar surface area (TPSA) is 30.9 Å². The van der Waals surface area contributed by atoms with Crippen molar-refractivity contribution in [2.45, 2.75) is 26.2 Å². The molecule has 2 aliphatic rings. The number of nitrogens with one attached hydrogen (secondary N) is 1. The lowest BCUT2D eigenvalue weighted by Crippen LogP contribution is -2.40. The first-order chi connectivity index (χ1) is 11.3. The number of hydrogen-bond acceptors (Lipinski definition) is 2. The third-order valence-corrected chi connectivity index (χ3v) is 5.19. The number of guanidine groups is 1. The van der Waals surface area contributed by atoms with Gasteiger partial charge < -0.3 is 15.1 Å². The zero-order valence-electron chi connectivity index (χ0n) is 14.0. The maximum Gasteiger partial charge on any atom is 0.193 e. The molecule has 5 heteroatoms. The Morgan fingerprint density at radius 3 is 2.87 bits per heavy atom. The fraction of sp³-hybridized carbons (Fsp3) is 0.611. The van der Waals surface area contributed by atoms with Crippen molar-refractivity contribution in [3.8, 4) is 0 Å². The number of rotatable bonds is 4. The monoisotopic (exact) mass is 378 g/mol. The number of benzene rings is 1. The third-order valence-electron chi connectivity index (χ3n) is 4.70. The first-order valence-electron chi connectivity index (χ1n) is 8.80. The summed E-state index contributed by atoms with van der Waals surface area (Å²) in [5.74, 6) is 1.77. The summed E-state index contributed by atoms with van der Waals surface area (Å²) in [5.41, 5.74) is 1.32. The van der Waals surface area contributed by atoms with Gasteiger partial charge in [-0.15, -0.1) is 0 Å². The molecule has 0 saturated carbocycles. The number of halogens is 1. The molecule has 2 saturated heterocycles. The van der Waals surface area contributed by atoms with Crippen molar-refractivity contribution in [3.63, 3.8) is 0 Å². The zero-order chi connectivity index (χ0) is 16.1. The number of hydrogen-bond donors (Lipinski definition) is 1. The van der Waals surface area contributed by atoms with Crippen LogP contribution in [0.5, 0.6) is 0 Å². The molecule has 0 spiro atoms. The molecule has 0 aromatic heterocycles. The van der Waals surface area contributed by atoms with Crippen LogP contribution < -0.4 is 10.2 Å². The van der Waals surface area contributed by atoms with Crippen LogP contribution in [0.1, 0.15) is 26.2 Å². The minimum Gasteiger partial charge on any atom is -0.371 e. The number of likely N-dealkylation sites (tertiary alicyclic amines) is 1. The lowest BCUT2D eigenvalue weighted by molar-refractivity contribution is 0.488. The first-order valence-corrected chi connectivity index (χ1v) is 9.59. The van der Waals surface area contributed by atoms with Crippen molar-refractivity contribution >= 4 is 27.6 Å². The highest BCUT2D eigenvalue weighted by Gasteiger charge is 2.23. The average Bonchev–Trinajstić information content (AvgIpc) is 3.23. The van der Waals surface area contributed by atoms with Crippen LogP contribution in [0.4, 0.5) is 5.69 Å². The van der Waals surface area contributed by atoms with E-state index in [-0.39, 0.29) is 0 Å². The number of nitrogens with zero attached hydrogens (tertiary/aromatic N) is 3. The van der Waals surface area contributed by atoms with Gasteiger partial charge in [-0.1, -0.05) is 22.0 Å². The molecule has 1 aromatic carbocycles. The van der Waals surface area contributed by atoms with Gasteiger partial charge in [-0.3, -0.25) is 4.99 Å². The second-order valence-electron chi connectivity index (χ2n) is 6.47. The standard InChI is InChI=1S/C18H27BrN4/c1-2-20-18(22-9-3-4-10-22)21-13-15-8-11-23(14-15)17-7-5-6-16(19)12-17/h5-7,12,15H,2-4,8-11,13-14H2,1H3,(H,20,21). The van der Waals surface area contributed by atoms with E-state index >= 15 is 0 Å². The maximum atomic E-state index is 4.92. The fourth-order valence-electron chi connectivity index (χ4n) is 3.46. The Hall–Kier alpha value is -1.23. The van der Waals surface area contributed by atoms with E-state index < -0.39 is 0 Å². The SMILES string of the molecule is CCNC(=NCC1CCN(c2cccc(Br)c2)C1)N1CCCC1. The summed E-state index contributed by atoms with van der Waals surface area (Å²) < 4.78 is 1.15. The molecule has 0 aliphatic carbocycles. The molecule has 23 heavy (non-hydrogen) atoms. The molecule has 3 rings (SSSR count). The van der Waals surface area contributed by atoms with E-state index in [1.807, 2.05) is 0 Å².